The molecule has 0 bridgehead atoms. The average Bonchev–Trinajstić information content (AvgIpc) is 3.21. The number of nitrogens with one attached hydrogen (secondary N) is 1. The van der Waals surface area contributed by atoms with Crippen LogP contribution in [0.1, 0.15) is 34.3 Å². The molecule has 1 saturated carbocycles. The number of fused-ring (bicyclic) bond motifs is 1. The number of carbonyl (C=O) groups is 1. The second-order valence-electron chi connectivity index (χ2n) is 8.70. The molecule has 2 fully saturated rings. The first-order chi connectivity index (χ1) is 14.4. The Morgan fingerprint density at radius 3 is 2.27 bits per heavy atom. The van der Waals surface area contributed by atoms with E-state index in [1.54, 1.807) is 24.3 Å². The molecule has 1 saturated heterocycles. The Morgan fingerprint density at radius 2 is 1.67 bits per heavy atom. The lowest BCUT2D eigenvalue weighted by molar-refractivity contribution is 0.0355. The van der Waals surface area contributed by atoms with Crippen LogP contribution in [0.4, 0.5) is 0 Å². The minimum atomic E-state index is -2.04. The predicted octanol–water partition coefficient (Wildman–Crippen LogP) is 2.41. The molecule has 0 amide bonds. The van der Waals surface area contributed by atoms with Crippen molar-refractivity contribution < 1.29 is 18.7 Å². The lowest BCUT2D eigenvalue weighted by Gasteiger charge is -2.26. The topological polar surface area (TPSA) is 89.9 Å². The van der Waals surface area contributed by atoms with Crippen molar-refractivity contribution in [2.75, 3.05) is 19.6 Å². The Hall–Kier alpha value is -1.90. The summed E-state index contributed by atoms with van der Waals surface area (Å²) in [5.74, 6) is 0.971. The Kier molecular flexibility index (Phi) is 6.46. The van der Waals surface area contributed by atoms with Gasteiger partial charge in [0.1, 0.15) is 0 Å². The molecule has 1 aliphatic carbocycles. The van der Waals surface area contributed by atoms with Gasteiger partial charge in [0.15, 0.2) is 5.78 Å². The molecule has 2 aromatic carbocycles. The third kappa shape index (κ3) is 5.22. The van der Waals surface area contributed by atoms with Crippen molar-refractivity contribution in [2.24, 2.45) is 11.8 Å². The first-order valence-electron chi connectivity index (χ1n) is 10.4. The van der Waals surface area contributed by atoms with Gasteiger partial charge in [-0.15, -0.1) is 0 Å². The molecule has 7 heteroatoms. The van der Waals surface area contributed by atoms with E-state index >= 15 is 0 Å². The van der Waals surface area contributed by atoms with Crippen LogP contribution in [-0.4, -0.2) is 49.8 Å². The molecule has 3 N–H and O–H groups in total. The van der Waals surface area contributed by atoms with Crippen LogP contribution >= 0.6 is 0 Å². The van der Waals surface area contributed by atoms with E-state index < -0.39 is 16.9 Å². The van der Waals surface area contributed by atoms with E-state index in [1.807, 2.05) is 18.2 Å². The molecule has 1 heterocycles. The highest BCUT2D eigenvalue weighted by Gasteiger charge is 2.48. The fraction of sp³-hybridized carbons (Fsp3) is 0.435. The normalized spacial score (nSPS) is 27.1. The SMILES string of the molecule is O=C(CN1C[C@@H]2CC(O)(Cc3ccccc3)C[C@@H]2C1)c1ccc(CNS(=O)O)cc1. The first-order valence-corrected chi connectivity index (χ1v) is 11.5. The summed E-state index contributed by atoms with van der Waals surface area (Å²) in [4.78, 5) is 14.9. The van der Waals surface area contributed by atoms with Crippen LogP contribution in [0.25, 0.3) is 0 Å². The molecule has 160 valence electrons. The van der Waals surface area contributed by atoms with E-state index in [2.05, 4.69) is 21.8 Å². The summed E-state index contributed by atoms with van der Waals surface area (Å²) in [7, 11) is 0. The molecule has 30 heavy (non-hydrogen) atoms. The van der Waals surface area contributed by atoms with Crippen molar-refractivity contribution >= 4 is 17.0 Å². The van der Waals surface area contributed by atoms with Gasteiger partial charge in [0.05, 0.1) is 12.1 Å². The maximum atomic E-state index is 12.7. The predicted molar refractivity (Wildman–Crippen MR) is 116 cm³/mol. The minimum Gasteiger partial charge on any atom is -0.390 e. The van der Waals surface area contributed by atoms with Gasteiger partial charge in [-0.1, -0.05) is 54.6 Å². The summed E-state index contributed by atoms with van der Waals surface area (Å²) >= 11 is -2.04. The zero-order valence-electron chi connectivity index (χ0n) is 16.9. The number of hydrogen-bond donors (Lipinski definition) is 3. The second-order valence-corrected chi connectivity index (χ2v) is 9.49. The van der Waals surface area contributed by atoms with E-state index in [4.69, 9.17) is 4.55 Å². The summed E-state index contributed by atoms with van der Waals surface area (Å²) in [6.45, 7) is 2.39. The number of rotatable bonds is 8. The van der Waals surface area contributed by atoms with Crippen LogP contribution < -0.4 is 4.72 Å². The molecule has 2 unspecified atom stereocenters. The van der Waals surface area contributed by atoms with E-state index in [-0.39, 0.29) is 12.3 Å². The van der Waals surface area contributed by atoms with Crippen LogP contribution in [-0.2, 0) is 24.2 Å². The molecular formula is C23H28N2O4S. The zero-order valence-corrected chi connectivity index (χ0v) is 17.7. The largest absolute Gasteiger partial charge is 0.390 e. The summed E-state index contributed by atoms with van der Waals surface area (Å²) in [6, 6.07) is 17.3. The van der Waals surface area contributed by atoms with E-state index in [0.717, 1.165) is 31.5 Å². The Balaban J connectivity index is 1.28. The number of Topliss-reactive ketones (excluding diaryl/α,β-unsaturated/α-hetero) is 1. The quantitative estimate of drug-likeness (QED) is 0.444. The standard InChI is InChI=1S/C23H28N2O4S/c26-22(19-8-6-18(7-9-19)13-24-30(28)29)16-25-14-20-11-23(27,12-21(20)15-25)10-17-4-2-1-3-5-17/h1-9,20-21,24,27H,10-16H2,(H,28,29)/t20-,21+,23?. The molecule has 0 radical (unpaired) electrons. The smallest absolute Gasteiger partial charge is 0.232 e. The molecule has 4 atom stereocenters. The van der Waals surface area contributed by atoms with E-state index in [0.29, 0.717) is 30.4 Å². The third-order valence-corrected chi connectivity index (χ3v) is 6.75. The number of hydrogen-bond acceptors (Lipinski definition) is 4. The highest BCUT2D eigenvalue weighted by molar-refractivity contribution is 7.77. The molecule has 2 aromatic rings. The Bertz CT molecular complexity index is 889. The van der Waals surface area contributed by atoms with Crippen molar-refractivity contribution in [1.29, 1.82) is 0 Å². The lowest BCUT2D eigenvalue weighted by atomic mass is 9.91. The Labute approximate surface area is 179 Å². The molecule has 0 aromatic heterocycles. The van der Waals surface area contributed by atoms with Gasteiger partial charge in [0, 0.05) is 31.6 Å². The van der Waals surface area contributed by atoms with Gasteiger partial charge < -0.3 is 5.11 Å². The first kappa shape index (κ1) is 21.3. The summed E-state index contributed by atoms with van der Waals surface area (Å²) < 4.78 is 21.9. The highest BCUT2D eigenvalue weighted by atomic mass is 32.2. The van der Waals surface area contributed by atoms with Gasteiger partial charge >= 0.3 is 0 Å². The van der Waals surface area contributed by atoms with Crippen LogP contribution in [0.2, 0.25) is 0 Å². The third-order valence-electron chi connectivity index (χ3n) is 6.36. The van der Waals surface area contributed by atoms with Crippen molar-refractivity contribution in [3.05, 3.63) is 71.3 Å². The average molecular weight is 429 g/mol. The van der Waals surface area contributed by atoms with Crippen molar-refractivity contribution in [3.8, 4) is 0 Å². The number of carbonyl (C=O) groups excluding carboxylic acids is 1. The fourth-order valence-electron chi connectivity index (χ4n) is 5.06. The summed E-state index contributed by atoms with van der Waals surface area (Å²) in [5, 5.41) is 11.1. The van der Waals surface area contributed by atoms with Crippen molar-refractivity contribution in [2.45, 2.75) is 31.4 Å². The number of ketones is 1. The number of nitrogens with zero attached hydrogens (tertiary/aromatic N) is 1. The van der Waals surface area contributed by atoms with Crippen LogP contribution in [0.5, 0.6) is 0 Å². The van der Waals surface area contributed by atoms with Crippen molar-refractivity contribution in [3.63, 3.8) is 0 Å². The molecule has 4 rings (SSSR count). The van der Waals surface area contributed by atoms with E-state index in [1.165, 1.54) is 5.56 Å². The summed E-state index contributed by atoms with van der Waals surface area (Å²) in [6.07, 6.45) is 2.29. The van der Waals surface area contributed by atoms with Gasteiger partial charge in [0.2, 0.25) is 11.3 Å². The molecular weight excluding hydrogens is 400 g/mol. The van der Waals surface area contributed by atoms with Crippen molar-refractivity contribution in [1.82, 2.24) is 9.62 Å². The van der Waals surface area contributed by atoms with Gasteiger partial charge in [-0.05, 0) is 35.8 Å². The van der Waals surface area contributed by atoms with Crippen LogP contribution in [0, 0.1) is 11.8 Å². The second kappa shape index (κ2) is 9.08. The maximum absolute atomic E-state index is 12.7. The number of likely N-dealkylation sites (tertiary alicyclic amines) is 1. The number of benzene rings is 2. The minimum absolute atomic E-state index is 0.0831. The molecule has 2 aliphatic rings. The molecule has 1 aliphatic heterocycles. The summed E-state index contributed by atoms with van der Waals surface area (Å²) in [5.41, 5.74) is 2.05. The monoisotopic (exact) mass is 428 g/mol. The lowest BCUT2D eigenvalue weighted by Crippen LogP contribution is -2.34. The van der Waals surface area contributed by atoms with Gasteiger partial charge in [-0.25, -0.2) is 8.93 Å². The maximum Gasteiger partial charge on any atom is 0.232 e. The number of aliphatic hydroxyl groups is 1. The Morgan fingerprint density at radius 1 is 1.03 bits per heavy atom. The molecule has 0 spiro atoms. The van der Waals surface area contributed by atoms with Gasteiger partial charge in [-0.2, -0.15) is 0 Å². The van der Waals surface area contributed by atoms with E-state index in [9.17, 15) is 14.1 Å². The zero-order chi connectivity index (χ0) is 21.1. The molecule has 6 nitrogen and oxygen atoms in total. The van der Waals surface area contributed by atoms with Crippen LogP contribution in [0.3, 0.4) is 0 Å². The fourth-order valence-corrected chi connectivity index (χ4v) is 5.35. The van der Waals surface area contributed by atoms with Gasteiger partial charge in [-0.3, -0.25) is 14.2 Å². The van der Waals surface area contributed by atoms with Crippen LogP contribution in [0.15, 0.2) is 54.6 Å². The van der Waals surface area contributed by atoms with Gasteiger partial charge in [0.25, 0.3) is 0 Å². The highest BCUT2D eigenvalue weighted by Crippen LogP contribution is 2.45.